The van der Waals surface area contributed by atoms with Gasteiger partial charge in [0.25, 0.3) is 0 Å². The maximum atomic E-state index is 6.18. The van der Waals surface area contributed by atoms with Crippen LogP contribution in [0, 0.1) is 0 Å². The molecule has 0 fully saturated rings. The molecule has 4 heteroatoms. The van der Waals surface area contributed by atoms with Gasteiger partial charge in [0.15, 0.2) is 8.32 Å². The second-order valence-corrected chi connectivity index (χ2v) is 12.5. The molecule has 1 aromatic carbocycles. The normalized spacial score (nSPS) is 12.6. The molecule has 0 unspecified atom stereocenters. The molecule has 0 bridgehead atoms. The van der Waals surface area contributed by atoms with Crippen LogP contribution in [0.15, 0.2) is 30.3 Å². The van der Waals surface area contributed by atoms with Crippen LogP contribution in [0.5, 0.6) is 0 Å². The monoisotopic (exact) mass is 335 g/mol. The van der Waals surface area contributed by atoms with E-state index in [0.29, 0.717) is 0 Å². The molecule has 0 amide bonds. The number of benzene rings is 1. The summed E-state index contributed by atoms with van der Waals surface area (Å²) in [5, 5.41) is 3.48. The lowest BCUT2D eigenvalue weighted by atomic mass is 10.1. The molecule has 1 aromatic rings. The highest BCUT2D eigenvalue weighted by molar-refractivity contribution is 7.80. The Bertz CT molecular complexity index is 532. The summed E-state index contributed by atoms with van der Waals surface area (Å²) >= 11 is 5.12. The molecular weight excluding hydrogens is 306 g/mol. The van der Waals surface area contributed by atoms with Crippen LogP contribution in [-0.4, -0.2) is 19.9 Å². The molecule has 0 saturated heterocycles. The fraction of sp³-hybridized carbons (Fsp3) is 0.500. The van der Waals surface area contributed by atoms with Gasteiger partial charge in [0.1, 0.15) is 0 Å². The number of nitrogens with one attached hydrogen (secondary N) is 1. The number of para-hydroxylation sites is 1. The van der Waals surface area contributed by atoms with Gasteiger partial charge in [-0.25, -0.2) is 0 Å². The number of rotatable bonds is 6. The highest BCUT2D eigenvalue weighted by Gasteiger charge is 2.36. The van der Waals surface area contributed by atoms with E-state index in [4.69, 9.17) is 16.6 Å². The van der Waals surface area contributed by atoms with Crippen molar-refractivity contribution in [1.29, 1.82) is 0 Å². The van der Waals surface area contributed by atoms with Crippen LogP contribution in [0.3, 0.4) is 0 Å². The van der Waals surface area contributed by atoms with E-state index in [2.05, 4.69) is 57.4 Å². The third-order valence-corrected chi connectivity index (χ3v) is 8.76. The summed E-state index contributed by atoms with van der Waals surface area (Å²) in [6, 6.07) is 8.18. The van der Waals surface area contributed by atoms with Gasteiger partial charge >= 0.3 is 0 Å². The number of hydrogen-bond acceptors (Lipinski definition) is 2. The van der Waals surface area contributed by atoms with Gasteiger partial charge in [0.05, 0.1) is 4.99 Å². The molecule has 0 aliphatic heterocycles. The van der Waals surface area contributed by atoms with Crippen molar-refractivity contribution in [3.8, 4) is 0 Å². The first kappa shape index (κ1) is 19.1. The van der Waals surface area contributed by atoms with Crippen molar-refractivity contribution in [3.63, 3.8) is 0 Å². The van der Waals surface area contributed by atoms with E-state index in [-0.39, 0.29) is 5.04 Å². The molecule has 0 atom stereocenters. The summed E-state index contributed by atoms with van der Waals surface area (Å²) in [7, 11) is -1.63. The quantitative estimate of drug-likeness (QED) is 0.399. The molecule has 122 valence electrons. The van der Waals surface area contributed by atoms with Gasteiger partial charge < -0.3 is 9.74 Å². The van der Waals surface area contributed by atoms with E-state index in [0.717, 1.165) is 29.3 Å². The van der Waals surface area contributed by atoms with Gasteiger partial charge in [-0.15, -0.1) is 0 Å². The van der Waals surface area contributed by atoms with Gasteiger partial charge in [0, 0.05) is 12.3 Å². The van der Waals surface area contributed by atoms with Gasteiger partial charge in [-0.2, -0.15) is 0 Å². The SMILES string of the molecule is CC(=S)Nc1ccccc1/C=C\CCO[Si](C)(C)C(C)(C)C. The second kappa shape index (κ2) is 8.04. The topological polar surface area (TPSA) is 21.3 Å². The maximum Gasteiger partial charge on any atom is 0.191 e. The zero-order valence-electron chi connectivity index (χ0n) is 14.7. The predicted molar refractivity (Wildman–Crippen MR) is 105 cm³/mol. The Hall–Kier alpha value is -0.973. The highest BCUT2D eigenvalue weighted by Crippen LogP contribution is 2.36. The molecule has 2 nitrogen and oxygen atoms in total. The smallest absolute Gasteiger partial charge is 0.191 e. The second-order valence-electron chi connectivity index (χ2n) is 7.07. The lowest BCUT2D eigenvalue weighted by Gasteiger charge is -2.36. The molecule has 0 heterocycles. The Morgan fingerprint density at radius 2 is 1.91 bits per heavy atom. The zero-order chi connectivity index (χ0) is 16.8. The van der Waals surface area contributed by atoms with Gasteiger partial charge in [-0.05, 0) is 43.1 Å². The van der Waals surface area contributed by atoms with Gasteiger partial charge in [0.2, 0.25) is 0 Å². The molecule has 22 heavy (non-hydrogen) atoms. The molecule has 1 N–H and O–H groups in total. The minimum atomic E-state index is -1.63. The largest absolute Gasteiger partial charge is 0.417 e. The minimum Gasteiger partial charge on any atom is -0.417 e. The van der Waals surface area contributed by atoms with Crippen molar-refractivity contribution in [2.24, 2.45) is 0 Å². The number of hydrogen-bond donors (Lipinski definition) is 1. The summed E-state index contributed by atoms with van der Waals surface area (Å²) < 4.78 is 6.18. The highest BCUT2D eigenvalue weighted by atomic mass is 32.1. The van der Waals surface area contributed by atoms with E-state index in [1.165, 1.54) is 0 Å². The van der Waals surface area contributed by atoms with Crippen molar-refractivity contribution < 1.29 is 4.43 Å². The summed E-state index contributed by atoms with van der Waals surface area (Å²) in [5.74, 6) is 0. The molecule has 0 saturated carbocycles. The van der Waals surface area contributed by atoms with Crippen molar-refractivity contribution in [1.82, 2.24) is 0 Å². The fourth-order valence-electron chi connectivity index (χ4n) is 1.75. The Kier molecular flexibility index (Phi) is 6.97. The lowest BCUT2D eigenvalue weighted by Crippen LogP contribution is -2.40. The Morgan fingerprint density at radius 1 is 1.27 bits per heavy atom. The number of anilines is 1. The van der Waals surface area contributed by atoms with Crippen LogP contribution < -0.4 is 5.32 Å². The first-order chi connectivity index (χ1) is 10.1. The maximum absolute atomic E-state index is 6.18. The van der Waals surface area contributed by atoms with E-state index >= 15 is 0 Å². The van der Waals surface area contributed by atoms with Gasteiger partial charge in [-0.1, -0.05) is 63.3 Å². The molecule has 0 aliphatic carbocycles. The molecule has 0 aromatic heterocycles. The molecule has 1 rings (SSSR count). The molecular formula is C18H29NOSSi. The fourth-order valence-corrected chi connectivity index (χ4v) is 2.93. The minimum absolute atomic E-state index is 0.268. The lowest BCUT2D eigenvalue weighted by molar-refractivity contribution is 0.294. The van der Waals surface area contributed by atoms with Crippen LogP contribution in [0.25, 0.3) is 6.08 Å². The van der Waals surface area contributed by atoms with E-state index in [9.17, 15) is 0 Å². The average Bonchev–Trinajstić information content (AvgIpc) is 2.38. The van der Waals surface area contributed by atoms with Crippen LogP contribution in [0.2, 0.25) is 18.1 Å². The summed E-state index contributed by atoms with van der Waals surface area (Å²) in [5.41, 5.74) is 2.20. The van der Waals surface area contributed by atoms with Crippen molar-refractivity contribution in [3.05, 3.63) is 35.9 Å². The predicted octanol–water partition coefficient (Wildman–Crippen LogP) is 5.87. The van der Waals surface area contributed by atoms with Crippen molar-refractivity contribution in [2.45, 2.75) is 52.2 Å². The Morgan fingerprint density at radius 3 is 2.50 bits per heavy atom. The average molecular weight is 336 g/mol. The first-order valence-corrected chi connectivity index (χ1v) is 11.1. The number of thiocarbonyl (C=S) groups is 1. The summed E-state index contributed by atoms with van der Waals surface area (Å²) in [4.78, 5) is 0.780. The van der Waals surface area contributed by atoms with Crippen LogP contribution in [0.1, 0.15) is 39.7 Å². The van der Waals surface area contributed by atoms with Gasteiger partial charge in [-0.3, -0.25) is 0 Å². The first-order valence-electron chi connectivity index (χ1n) is 7.80. The van der Waals surface area contributed by atoms with Crippen LogP contribution >= 0.6 is 12.2 Å². The van der Waals surface area contributed by atoms with E-state index < -0.39 is 8.32 Å². The third kappa shape index (κ3) is 6.03. The third-order valence-electron chi connectivity index (χ3n) is 4.12. The Balaban J connectivity index is 2.56. The van der Waals surface area contributed by atoms with Crippen molar-refractivity contribution in [2.75, 3.05) is 11.9 Å². The molecule has 0 radical (unpaired) electrons. The Labute approximate surface area is 142 Å². The van der Waals surface area contributed by atoms with Crippen molar-refractivity contribution >= 4 is 37.3 Å². The van der Waals surface area contributed by atoms with Crippen LogP contribution in [0.4, 0.5) is 5.69 Å². The van der Waals surface area contributed by atoms with E-state index in [1.54, 1.807) is 0 Å². The summed E-state index contributed by atoms with van der Waals surface area (Å²) in [6.07, 6.45) is 5.24. The zero-order valence-corrected chi connectivity index (χ0v) is 16.5. The molecule has 0 spiro atoms. The summed E-state index contributed by atoms with van der Waals surface area (Å²) in [6.45, 7) is 14.1. The standard InChI is InChI=1S/C18H29NOSSi/c1-15(21)19-17-13-8-7-11-16(17)12-9-10-14-20-22(5,6)18(2,3)4/h7-9,11-13H,10,14H2,1-6H3,(H,19,21)/b12-9-. The van der Waals surface area contributed by atoms with E-state index in [1.807, 2.05) is 25.1 Å². The van der Waals surface area contributed by atoms with Crippen LogP contribution in [-0.2, 0) is 4.43 Å². The molecule has 0 aliphatic rings.